The van der Waals surface area contributed by atoms with Crippen LogP contribution < -0.4 is 5.32 Å². The fourth-order valence-electron chi connectivity index (χ4n) is 3.17. The van der Waals surface area contributed by atoms with Crippen LogP contribution in [0.1, 0.15) is 35.9 Å². The van der Waals surface area contributed by atoms with Crippen LogP contribution in [-0.4, -0.2) is 35.3 Å². The number of urea groups is 1. The van der Waals surface area contributed by atoms with Crippen LogP contribution in [0.15, 0.2) is 41.2 Å². The molecule has 2 unspecified atom stereocenters. The van der Waals surface area contributed by atoms with Gasteiger partial charge in [0.2, 0.25) is 0 Å². The first kappa shape index (κ1) is 25.8. The number of thioether (sulfide) groups is 1. The van der Waals surface area contributed by atoms with Crippen molar-refractivity contribution in [1.29, 1.82) is 0 Å². The van der Waals surface area contributed by atoms with Gasteiger partial charge in [-0.1, -0.05) is 13.8 Å². The second-order valence-electron chi connectivity index (χ2n) is 7.91. The van der Waals surface area contributed by atoms with Crippen molar-refractivity contribution in [2.75, 3.05) is 17.7 Å². The van der Waals surface area contributed by atoms with Crippen LogP contribution in [-0.2, 0) is 21.9 Å². The zero-order valence-electron chi connectivity index (χ0n) is 17.9. The minimum Gasteiger partial charge on any atom is -0.472 e. The Morgan fingerprint density at radius 3 is 2.26 bits per heavy atom. The number of ether oxygens (including phenoxy) is 1. The highest BCUT2D eigenvalue weighted by Crippen LogP contribution is 2.43. The number of nitrogens with one attached hydrogen (secondary N) is 1. The molecular weight excluding hydrogens is 490 g/mol. The number of nitrogens with zero attached hydrogens (tertiary/aromatic N) is 1. The minimum absolute atomic E-state index is 0.0100. The molecule has 1 aromatic carbocycles. The highest BCUT2D eigenvalue weighted by atomic mass is 32.2. The highest BCUT2D eigenvalue weighted by molar-refractivity contribution is 7.99. The fourth-order valence-corrected chi connectivity index (χ4v) is 4.56. The average molecular weight is 510 g/mol. The number of amides is 2. The van der Waals surface area contributed by atoms with Gasteiger partial charge in [0.1, 0.15) is 11.4 Å². The van der Waals surface area contributed by atoms with Gasteiger partial charge in [-0.15, -0.1) is 11.8 Å². The molecule has 0 saturated carbocycles. The number of anilines is 1. The minimum atomic E-state index is -5.08. The average Bonchev–Trinajstić information content (AvgIpc) is 3.40. The Morgan fingerprint density at radius 2 is 1.76 bits per heavy atom. The third-order valence-corrected chi connectivity index (χ3v) is 6.06. The maximum atomic E-state index is 13.2. The molecular formula is C21H20F6N2O4S. The molecule has 6 nitrogen and oxygen atoms in total. The molecule has 1 N–H and O–H groups in total. The van der Waals surface area contributed by atoms with Gasteiger partial charge in [0.15, 0.2) is 0 Å². The Morgan fingerprint density at radius 1 is 1.15 bits per heavy atom. The smallest absolute Gasteiger partial charge is 0.416 e. The number of benzene rings is 1. The first-order valence-corrected chi connectivity index (χ1v) is 11.0. The van der Waals surface area contributed by atoms with Crippen LogP contribution in [0.4, 0.5) is 36.8 Å². The molecule has 1 aliphatic rings. The van der Waals surface area contributed by atoms with E-state index in [-0.39, 0.29) is 24.3 Å². The van der Waals surface area contributed by atoms with E-state index in [0.717, 1.165) is 4.90 Å². The van der Waals surface area contributed by atoms with Crippen LogP contribution in [0.3, 0.4) is 0 Å². The number of esters is 1. The van der Waals surface area contributed by atoms with E-state index in [4.69, 9.17) is 9.15 Å². The van der Waals surface area contributed by atoms with E-state index in [9.17, 15) is 35.9 Å². The number of carbonyl (C=O) groups excluding carboxylic acids is 2. The largest absolute Gasteiger partial charge is 0.472 e. The third kappa shape index (κ3) is 5.99. The van der Waals surface area contributed by atoms with Gasteiger partial charge >= 0.3 is 24.4 Å². The fraction of sp³-hybridized carbons (Fsp3) is 0.429. The van der Waals surface area contributed by atoms with Crippen molar-refractivity contribution >= 4 is 29.4 Å². The van der Waals surface area contributed by atoms with Gasteiger partial charge in [-0.25, -0.2) is 9.59 Å². The van der Waals surface area contributed by atoms with E-state index in [1.54, 1.807) is 13.8 Å². The summed E-state index contributed by atoms with van der Waals surface area (Å²) >= 11 is 1.18. The Labute approximate surface area is 194 Å². The normalized spacial score (nSPS) is 18.9. The van der Waals surface area contributed by atoms with Crippen molar-refractivity contribution in [2.24, 2.45) is 5.92 Å². The van der Waals surface area contributed by atoms with Gasteiger partial charge in [0.05, 0.1) is 30.3 Å². The van der Waals surface area contributed by atoms with Gasteiger partial charge < -0.3 is 14.5 Å². The van der Waals surface area contributed by atoms with Crippen LogP contribution in [0, 0.1) is 5.92 Å². The van der Waals surface area contributed by atoms with Crippen LogP contribution in [0.25, 0.3) is 0 Å². The summed E-state index contributed by atoms with van der Waals surface area (Å²) in [6.07, 6.45) is -7.50. The van der Waals surface area contributed by atoms with Crippen molar-refractivity contribution in [3.05, 3.63) is 53.5 Å². The van der Waals surface area contributed by atoms with E-state index >= 15 is 0 Å². The Hall–Kier alpha value is -2.83. The molecule has 1 fully saturated rings. The second kappa shape index (κ2) is 9.80. The van der Waals surface area contributed by atoms with Crippen molar-refractivity contribution in [1.82, 2.24) is 4.90 Å². The summed E-state index contributed by atoms with van der Waals surface area (Å²) in [5, 5.41) is 1.31. The molecule has 2 atom stereocenters. The molecule has 2 amide bonds. The number of hydrogen-bond acceptors (Lipinski definition) is 5. The molecule has 0 aliphatic carbocycles. The topological polar surface area (TPSA) is 71.8 Å². The highest BCUT2D eigenvalue weighted by Gasteiger charge is 2.44. The monoisotopic (exact) mass is 510 g/mol. The van der Waals surface area contributed by atoms with E-state index in [2.05, 4.69) is 5.32 Å². The third-order valence-electron chi connectivity index (χ3n) is 4.73. The van der Waals surface area contributed by atoms with Crippen molar-refractivity contribution < 1.29 is 45.1 Å². The molecule has 2 heterocycles. The summed E-state index contributed by atoms with van der Waals surface area (Å²) < 4.78 is 89.3. The number of halogens is 6. The lowest BCUT2D eigenvalue weighted by Gasteiger charge is -2.28. The van der Waals surface area contributed by atoms with Crippen molar-refractivity contribution in [3.8, 4) is 0 Å². The molecule has 0 radical (unpaired) electrons. The molecule has 34 heavy (non-hydrogen) atoms. The molecule has 3 rings (SSSR count). The zero-order valence-corrected chi connectivity index (χ0v) is 18.7. The van der Waals surface area contributed by atoms with E-state index in [1.807, 2.05) is 0 Å². The summed E-state index contributed by atoms with van der Waals surface area (Å²) in [6.45, 7) is 3.69. The van der Waals surface area contributed by atoms with Gasteiger partial charge in [0.25, 0.3) is 0 Å². The molecule has 1 saturated heterocycles. The Balaban J connectivity index is 1.93. The summed E-state index contributed by atoms with van der Waals surface area (Å²) in [7, 11) is 0. The molecule has 186 valence electrons. The maximum absolute atomic E-state index is 13.2. The van der Waals surface area contributed by atoms with E-state index in [1.165, 1.54) is 30.4 Å². The summed E-state index contributed by atoms with van der Waals surface area (Å²) in [4.78, 5) is 26.8. The van der Waals surface area contributed by atoms with E-state index in [0.29, 0.717) is 17.7 Å². The standard InChI is InChI=1S/C21H20F6N2O4S/c1-11(2)8-33-18(30)16-10-34-17(12-3-4-32-9-12)29(16)19(31)28-15-6-13(20(22,23)24)5-14(7-15)21(25,26)27/h3-7,9,11,16-17H,8,10H2,1-2H3,(H,28,31). The molecule has 2 aromatic rings. The van der Waals surface area contributed by atoms with Crippen molar-refractivity contribution in [2.45, 2.75) is 37.6 Å². The SMILES string of the molecule is CC(C)COC(=O)C1CSC(c2ccoc2)N1C(=O)Nc1cc(C(F)(F)F)cc(C(F)(F)F)c1. The summed E-state index contributed by atoms with van der Waals surface area (Å²) in [6, 6.07) is 0.115. The predicted octanol–water partition coefficient (Wildman–Crippen LogP) is 6.16. The molecule has 13 heteroatoms. The lowest BCUT2D eigenvalue weighted by atomic mass is 10.1. The Bertz CT molecular complexity index is 991. The predicted molar refractivity (Wildman–Crippen MR) is 111 cm³/mol. The van der Waals surface area contributed by atoms with Gasteiger partial charge in [-0.2, -0.15) is 26.3 Å². The molecule has 0 bridgehead atoms. The van der Waals surface area contributed by atoms with Crippen LogP contribution in [0.2, 0.25) is 0 Å². The molecule has 1 aromatic heterocycles. The van der Waals surface area contributed by atoms with Crippen LogP contribution >= 0.6 is 11.8 Å². The van der Waals surface area contributed by atoms with E-state index < -0.39 is 52.6 Å². The molecule has 1 aliphatic heterocycles. The number of rotatable bonds is 5. The molecule has 0 spiro atoms. The van der Waals surface area contributed by atoms with Gasteiger partial charge in [-0.05, 0) is 30.2 Å². The first-order valence-electron chi connectivity index (χ1n) is 9.96. The zero-order chi connectivity index (χ0) is 25.3. The number of furan rings is 1. The van der Waals surface area contributed by atoms with Crippen LogP contribution in [0.5, 0.6) is 0 Å². The first-order chi connectivity index (χ1) is 15.8. The lowest BCUT2D eigenvalue weighted by Crippen LogP contribution is -2.46. The number of carbonyl (C=O) groups is 2. The van der Waals surface area contributed by atoms with Gasteiger partial charge in [-0.3, -0.25) is 4.90 Å². The number of hydrogen-bond donors (Lipinski definition) is 1. The number of alkyl halides is 6. The maximum Gasteiger partial charge on any atom is 0.416 e. The van der Waals surface area contributed by atoms with Crippen molar-refractivity contribution in [3.63, 3.8) is 0 Å². The summed E-state index contributed by atoms with van der Waals surface area (Å²) in [5.41, 5.74) is -3.39. The van der Waals surface area contributed by atoms with Gasteiger partial charge in [0, 0.05) is 17.0 Å². The second-order valence-corrected chi connectivity index (χ2v) is 9.03. The lowest BCUT2D eigenvalue weighted by molar-refractivity contribution is -0.149. The Kier molecular flexibility index (Phi) is 7.44. The summed E-state index contributed by atoms with van der Waals surface area (Å²) in [5.74, 6) is -0.616. The quantitative estimate of drug-likeness (QED) is 0.385.